The molecule has 1 aliphatic carbocycles. The third-order valence-electron chi connectivity index (χ3n) is 7.30. The standard InChI is InChI=1S/C31H35F3N6O2/c1-36-22-10-12-23(13-11-22)39-26-7-3-8-28-25(26)19-24(40(28)20-31(32,33)34)6-4-16-38-27-14-9-21(30(41)37-2)18-29(27)42-17-5-15-35/h3,7-9,14,18-19,22-23,36,38-39H,5,10-13,16-17,20H2,1-2H3,(H,37,41). The molecule has 0 saturated heterocycles. The molecule has 1 heterocycles. The van der Waals surface area contributed by atoms with Crippen LogP contribution >= 0.6 is 0 Å². The van der Waals surface area contributed by atoms with Crippen LogP contribution in [0.15, 0.2) is 42.5 Å². The van der Waals surface area contributed by atoms with Crippen molar-refractivity contribution in [2.24, 2.45) is 0 Å². The van der Waals surface area contributed by atoms with Gasteiger partial charge in [0, 0.05) is 35.8 Å². The SMILES string of the molecule is CNC(=O)c1ccc(NCC#Cc2cc3c(NC4CCC(NC)CC4)cccc3n2CC(F)(F)F)c(OCCC#N)c1. The van der Waals surface area contributed by atoms with E-state index in [2.05, 4.69) is 33.1 Å². The Labute approximate surface area is 243 Å². The van der Waals surface area contributed by atoms with E-state index in [0.29, 0.717) is 33.9 Å². The van der Waals surface area contributed by atoms with Gasteiger partial charge in [0.25, 0.3) is 5.91 Å². The van der Waals surface area contributed by atoms with E-state index in [9.17, 15) is 18.0 Å². The van der Waals surface area contributed by atoms with Gasteiger partial charge in [-0.3, -0.25) is 4.79 Å². The van der Waals surface area contributed by atoms with Crippen LogP contribution in [-0.4, -0.2) is 56.0 Å². The number of ether oxygens (including phenoxy) is 1. The summed E-state index contributed by atoms with van der Waals surface area (Å²) < 4.78 is 47.7. The summed E-state index contributed by atoms with van der Waals surface area (Å²) >= 11 is 0. The van der Waals surface area contributed by atoms with Gasteiger partial charge in [0.2, 0.25) is 0 Å². The summed E-state index contributed by atoms with van der Waals surface area (Å²) in [4.78, 5) is 12.0. The van der Waals surface area contributed by atoms with E-state index in [1.54, 1.807) is 36.4 Å². The minimum absolute atomic E-state index is 0.112. The Hall–Kier alpha value is -4.35. The fourth-order valence-corrected chi connectivity index (χ4v) is 5.16. The van der Waals surface area contributed by atoms with E-state index >= 15 is 0 Å². The third kappa shape index (κ3) is 7.89. The van der Waals surface area contributed by atoms with Gasteiger partial charge in [0.05, 0.1) is 35.9 Å². The zero-order valence-electron chi connectivity index (χ0n) is 23.7. The molecule has 11 heteroatoms. The average Bonchev–Trinajstić information content (AvgIpc) is 3.32. The number of halogens is 3. The summed E-state index contributed by atoms with van der Waals surface area (Å²) in [6, 6.07) is 14.7. The van der Waals surface area contributed by atoms with Gasteiger partial charge >= 0.3 is 6.18 Å². The van der Waals surface area contributed by atoms with Crippen LogP contribution in [0.3, 0.4) is 0 Å². The maximum atomic E-state index is 13.6. The maximum absolute atomic E-state index is 13.6. The van der Waals surface area contributed by atoms with E-state index < -0.39 is 12.7 Å². The number of nitriles is 1. The number of carbonyl (C=O) groups is 1. The summed E-state index contributed by atoms with van der Waals surface area (Å²) in [5.74, 6) is 5.93. The minimum atomic E-state index is -4.42. The molecule has 0 spiro atoms. The van der Waals surface area contributed by atoms with Gasteiger partial charge in [-0.2, -0.15) is 18.4 Å². The lowest BCUT2D eigenvalue weighted by Gasteiger charge is -2.29. The number of nitrogens with zero attached hydrogens (tertiary/aromatic N) is 2. The summed E-state index contributed by atoms with van der Waals surface area (Å²) in [6.07, 6.45) is -0.199. The number of amides is 1. The normalized spacial score (nSPS) is 16.7. The Morgan fingerprint density at radius 2 is 1.83 bits per heavy atom. The first-order chi connectivity index (χ1) is 20.2. The van der Waals surface area contributed by atoms with Crippen LogP contribution in [0.2, 0.25) is 0 Å². The Morgan fingerprint density at radius 1 is 1.07 bits per heavy atom. The van der Waals surface area contributed by atoms with Gasteiger partial charge in [-0.25, -0.2) is 0 Å². The van der Waals surface area contributed by atoms with Gasteiger partial charge < -0.3 is 30.6 Å². The molecule has 1 aliphatic rings. The fraction of sp³-hybridized carbons (Fsp3) is 0.419. The van der Waals surface area contributed by atoms with Crippen molar-refractivity contribution < 1.29 is 22.7 Å². The Bertz CT molecular complexity index is 1490. The summed E-state index contributed by atoms with van der Waals surface area (Å²) in [6.45, 7) is -0.900. The van der Waals surface area contributed by atoms with Crippen molar-refractivity contribution in [2.75, 3.05) is 37.9 Å². The number of rotatable bonds is 10. The van der Waals surface area contributed by atoms with E-state index in [0.717, 1.165) is 31.4 Å². The molecule has 1 amide bonds. The topological polar surface area (TPSA) is 103 Å². The second-order valence-corrected chi connectivity index (χ2v) is 10.2. The van der Waals surface area contributed by atoms with E-state index in [-0.39, 0.29) is 37.2 Å². The quantitative estimate of drug-likeness (QED) is 0.193. The molecule has 0 bridgehead atoms. The molecule has 0 radical (unpaired) electrons. The zero-order chi connectivity index (χ0) is 30.1. The fourth-order valence-electron chi connectivity index (χ4n) is 5.16. The second kappa shape index (κ2) is 14.0. The molecule has 4 N–H and O–H groups in total. The number of benzene rings is 2. The van der Waals surface area contributed by atoms with E-state index in [1.807, 2.05) is 19.2 Å². The largest absolute Gasteiger partial charge is 0.490 e. The van der Waals surface area contributed by atoms with Crippen LogP contribution in [0.5, 0.6) is 5.75 Å². The van der Waals surface area contributed by atoms with Crippen LogP contribution in [-0.2, 0) is 6.54 Å². The Kier molecular flexibility index (Phi) is 10.2. The van der Waals surface area contributed by atoms with Crippen LogP contribution in [0, 0.1) is 23.2 Å². The highest BCUT2D eigenvalue weighted by Crippen LogP contribution is 2.32. The summed E-state index contributed by atoms with van der Waals surface area (Å²) in [5.41, 5.74) is 2.47. The van der Waals surface area contributed by atoms with Crippen molar-refractivity contribution in [1.29, 1.82) is 5.26 Å². The lowest BCUT2D eigenvalue weighted by atomic mass is 9.91. The molecular weight excluding hydrogens is 545 g/mol. The molecule has 1 saturated carbocycles. The number of hydrogen-bond donors (Lipinski definition) is 4. The van der Waals surface area contributed by atoms with Gasteiger partial charge in [0.1, 0.15) is 18.9 Å². The van der Waals surface area contributed by atoms with Crippen molar-refractivity contribution in [3.05, 3.63) is 53.7 Å². The number of alkyl halides is 3. The average molecular weight is 581 g/mol. The molecular formula is C31H35F3N6O2. The zero-order valence-corrected chi connectivity index (χ0v) is 23.7. The molecule has 1 aromatic heterocycles. The first kappa shape index (κ1) is 30.6. The second-order valence-electron chi connectivity index (χ2n) is 10.2. The Morgan fingerprint density at radius 3 is 2.52 bits per heavy atom. The van der Waals surface area contributed by atoms with Gasteiger partial charge in [-0.1, -0.05) is 12.0 Å². The number of carbonyl (C=O) groups excluding carboxylic acids is 1. The molecule has 0 unspecified atom stereocenters. The van der Waals surface area contributed by atoms with Crippen molar-refractivity contribution in [1.82, 2.24) is 15.2 Å². The van der Waals surface area contributed by atoms with Crippen LogP contribution in [0.25, 0.3) is 10.9 Å². The summed E-state index contributed by atoms with van der Waals surface area (Å²) in [7, 11) is 3.49. The number of nitrogens with one attached hydrogen (secondary N) is 4. The monoisotopic (exact) mass is 580 g/mol. The number of anilines is 2. The van der Waals surface area contributed by atoms with Gasteiger partial charge in [-0.15, -0.1) is 0 Å². The molecule has 8 nitrogen and oxygen atoms in total. The van der Waals surface area contributed by atoms with Crippen LogP contribution in [0.4, 0.5) is 24.5 Å². The Balaban J connectivity index is 1.56. The van der Waals surface area contributed by atoms with E-state index in [4.69, 9.17) is 10.00 Å². The maximum Gasteiger partial charge on any atom is 0.406 e. The molecule has 42 heavy (non-hydrogen) atoms. The lowest BCUT2D eigenvalue weighted by molar-refractivity contribution is -0.140. The highest BCUT2D eigenvalue weighted by atomic mass is 19.4. The third-order valence-corrected chi connectivity index (χ3v) is 7.30. The summed E-state index contributed by atoms with van der Waals surface area (Å²) in [5, 5.41) is 22.1. The predicted molar refractivity (Wildman–Crippen MR) is 158 cm³/mol. The molecule has 1 fully saturated rings. The molecule has 222 valence electrons. The van der Waals surface area contributed by atoms with Crippen molar-refractivity contribution in [2.45, 2.75) is 56.9 Å². The number of aromatic nitrogens is 1. The van der Waals surface area contributed by atoms with Gasteiger partial charge in [0.15, 0.2) is 0 Å². The van der Waals surface area contributed by atoms with Crippen LogP contribution < -0.4 is 26.0 Å². The molecule has 3 aromatic rings. The molecule has 0 aliphatic heterocycles. The van der Waals surface area contributed by atoms with Crippen molar-refractivity contribution in [3.63, 3.8) is 0 Å². The predicted octanol–water partition coefficient (Wildman–Crippen LogP) is 5.26. The molecule has 2 aromatic carbocycles. The van der Waals surface area contributed by atoms with Crippen molar-refractivity contribution in [3.8, 4) is 23.7 Å². The first-order valence-corrected chi connectivity index (χ1v) is 13.9. The van der Waals surface area contributed by atoms with Crippen LogP contribution in [0.1, 0.15) is 48.2 Å². The number of hydrogen-bond acceptors (Lipinski definition) is 6. The molecule has 4 rings (SSSR count). The highest BCUT2D eigenvalue weighted by molar-refractivity contribution is 5.95. The molecule has 0 atom stereocenters. The van der Waals surface area contributed by atoms with Gasteiger partial charge in [-0.05, 0) is 75.0 Å². The lowest BCUT2D eigenvalue weighted by Crippen LogP contribution is -2.34. The van der Waals surface area contributed by atoms with E-state index in [1.165, 1.54) is 11.6 Å². The minimum Gasteiger partial charge on any atom is -0.490 e. The first-order valence-electron chi connectivity index (χ1n) is 13.9. The number of fused-ring (bicyclic) bond motifs is 1. The smallest absolute Gasteiger partial charge is 0.406 e. The highest BCUT2D eigenvalue weighted by Gasteiger charge is 2.30. The van der Waals surface area contributed by atoms with Crippen molar-refractivity contribution >= 4 is 28.2 Å².